The van der Waals surface area contributed by atoms with Gasteiger partial charge in [0.25, 0.3) is 0 Å². The summed E-state index contributed by atoms with van der Waals surface area (Å²) in [5, 5.41) is 10.8. The molecule has 4 heterocycles. The number of piperidine rings is 1. The van der Waals surface area contributed by atoms with Gasteiger partial charge in [-0.2, -0.15) is 5.10 Å². The fraction of sp³-hybridized carbons (Fsp3) is 0.632. The molecule has 1 N–H and O–H groups in total. The number of aliphatic imine (C=N–C) groups is 1. The number of likely N-dealkylation sites (tertiary alicyclic amines) is 1. The van der Waals surface area contributed by atoms with Crippen molar-refractivity contribution >= 4 is 22.8 Å². The lowest BCUT2D eigenvalue weighted by molar-refractivity contribution is -0.131. The molecule has 3 aliphatic rings. The fourth-order valence-electron chi connectivity index (χ4n) is 3.84. The second-order valence-electron chi connectivity index (χ2n) is 7.63. The zero-order chi connectivity index (χ0) is 18.1. The molecule has 1 saturated heterocycles. The highest BCUT2D eigenvalue weighted by atomic mass is 32.2. The largest absolute Gasteiger partial charge is 0.342 e. The molecule has 3 aliphatic heterocycles. The highest BCUT2D eigenvalue weighted by Gasteiger charge is 2.30. The van der Waals surface area contributed by atoms with Crippen molar-refractivity contribution in [2.24, 2.45) is 4.99 Å². The van der Waals surface area contributed by atoms with Crippen LogP contribution in [0.4, 0.5) is 0 Å². The Morgan fingerprint density at radius 2 is 2.15 bits per heavy atom. The van der Waals surface area contributed by atoms with Crippen LogP contribution in [0.3, 0.4) is 0 Å². The summed E-state index contributed by atoms with van der Waals surface area (Å²) in [6.45, 7) is 7.89. The normalized spacial score (nSPS) is 21.0. The minimum absolute atomic E-state index is 0.245. The first-order valence-electron chi connectivity index (χ1n) is 9.62. The van der Waals surface area contributed by atoms with Crippen molar-refractivity contribution in [3.8, 4) is 0 Å². The summed E-state index contributed by atoms with van der Waals surface area (Å²) in [6, 6.07) is 2.20. The minimum Gasteiger partial charge on any atom is -0.342 e. The van der Waals surface area contributed by atoms with E-state index in [1.165, 1.54) is 5.69 Å². The third kappa shape index (κ3) is 3.54. The van der Waals surface area contributed by atoms with Gasteiger partial charge in [0, 0.05) is 43.5 Å². The number of thioether (sulfide) groups is 1. The first kappa shape index (κ1) is 17.6. The number of aromatic nitrogens is 2. The van der Waals surface area contributed by atoms with E-state index in [0.717, 1.165) is 62.0 Å². The van der Waals surface area contributed by atoms with Crippen molar-refractivity contribution < 1.29 is 4.79 Å². The Morgan fingerprint density at radius 1 is 1.35 bits per heavy atom. The van der Waals surface area contributed by atoms with Gasteiger partial charge in [0.1, 0.15) is 0 Å². The molecule has 6 nitrogen and oxygen atoms in total. The molecule has 1 aromatic heterocycles. The molecule has 0 spiro atoms. The Hall–Kier alpha value is -1.76. The Balaban J connectivity index is 1.31. The van der Waals surface area contributed by atoms with Crippen molar-refractivity contribution in [2.75, 3.05) is 26.2 Å². The lowest BCUT2D eigenvalue weighted by atomic mass is 9.92. The zero-order valence-electron chi connectivity index (χ0n) is 15.6. The number of hydrogen-bond acceptors (Lipinski definition) is 5. The van der Waals surface area contributed by atoms with Gasteiger partial charge >= 0.3 is 0 Å². The summed E-state index contributed by atoms with van der Waals surface area (Å²) in [5.74, 6) is 1.18. The van der Waals surface area contributed by atoms with E-state index in [2.05, 4.69) is 45.4 Å². The molecule has 26 heavy (non-hydrogen) atoms. The van der Waals surface area contributed by atoms with E-state index in [1.807, 2.05) is 4.90 Å². The van der Waals surface area contributed by atoms with Crippen molar-refractivity contribution in [1.29, 1.82) is 0 Å². The number of aromatic amines is 1. The monoisotopic (exact) mass is 373 g/mol. The van der Waals surface area contributed by atoms with Gasteiger partial charge in [0.05, 0.1) is 12.1 Å². The van der Waals surface area contributed by atoms with Crippen molar-refractivity contribution in [3.63, 3.8) is 0 Å². The van der Waals surface area contributed by atoms with Gasteiger partial charge in [0.2, 0.25) is 5.91 Å². The molecule has 0 saturated carbocycles. The molecule has 1 aromatic rings. The number of hydrogen-bond donors (Lipinski definition) is 1. The predicted octanol–water partition coefficient (Wildman–Crippen LogP) is 3.28. The number of rotatable bonds is 4. The molecule has 0 bridgehead atoms. The SMILES string of the molecule is CC(C)c1cc(C2CCN(C(=O)CC3=CSC4=NCCCN34)CC2)[nH]n1. The second kappa shape index (κ2) is 7.47. The van der Waals surface area contributed by atoms with Gasteiger partial charge in [0.15, 0.2) is 5.17 Å². The maximum Gasteiger partial charge on any atom is 0.228 e. The molecule has 7 heteroatoms. The summed E-state index contributed by atoms with van der Waals surface area (Å²) in [6.07, 6.45) is 3.59. The number of H-pyrrole nitrogens is 1. The number of amides is 1. The van der Waals surface area contributed by atoms with Crippen LogP contribution in [0.1, 0.15) is 62.8 Å². The van der Waals surface area contributed by atoms with Crippen molar-refractivity contribution in [2.45, 2.75) is 51.4 Å². The molecule has 0 aromatic carbocycles. The summed E-state index contributed by atoms with van der Waals surface area (Å²) in [5.41, 5.74) is 3.48. The molecule has 0 radical (unpaired) electrons. The van der Waals surface area contributed by atoms with Crippen molar-refractivity contribution in [1.82, 2.24) is 20.0 Å². The van der Waals surface area contributed by atoms with Crippen LogP contribution in [0.5, 0.6) is 0 Å². The summed E-state index contributed by atoms with van der Waals surface area (Å²) < 4.78 is 0. The van der Waals surface area contributed by atoms with Gasteiger partial charge in [-0.05, 0) is 36.7 Å². The third-order valence-corrected chi connectivity index (χ3v) is 6.44. The van der Waals surface area contributed by atoms with Crippen LogP contribution >= 0.6 is 11.8 Å². The smallest absolute Gasteiger partial charge is 0.228 e. The fourth-order valence-corrected chi connectivity index (χ4v) is 4.79. The molecule has 1 fully saturated rings. The Labute approximate surface area is 159 Å². The van der Waals surface area contributed by atoms with Crippen LogP contribution < -0.4 is 0 Å². The van der Waals surface area contributed by atoms with E-state index in [0.29, 0.717) is 18.3 Å². The van der Waals surface area contributed by atoms with Gasteiger partial charge in [-0.25, -0.2) is 0 Å². The van der Waals surface area contributed by atoms with Crippen LogP contribution in [0.25, 0.3) is 0 Å². The van der Waals surface area contributed by atoms with Crippen LogP contribution in [0.15, 0.2) is 22.2 Å². The number of fused-ring (bicyclic) bond motifs is 1. The zero-order valence-corrected chi connectivity index (χ0v) is 16.4. The number of amidine groups is 1. The van der Waals surface area contributed by atoms with Gasteiger partial charge < -0.3 is 9.80 Å². The van der Waals surface area contributed by atoms with Crippen LogP contribution in [-0.2, 0) is 4.79 Å². The Morgan fingerprint density at radius 3 is 2.88 bits per heavy atom. The molecule has 0 aliphatic carbocycles. The lowest BCUT2D eigenvalue weighted by Gasteiger charge is -2.32. The van der Waals surface area contributed by atoms with Crippen LogP contribution in [0, 0.1) is 0 Å². The maximum atomic E-state index is 12.8. The minimum atomic E-state index is 0.245. The standard InChI is InChI=1S/C19H27N5OS/c1-13(2)16-11-17(22-21-16)14-4-8-23(9-5-14)18(25)10-15-12-26-19-20-6-3-7-24(15)19/h11-14H,3-10H2,1-2H3,(H,21,22). The number of nitrogens with zero attached hydrogens (tertiary/aromatic N) is 4. The molecular weight excluding hydrogens is 346 g/mol. The van der Waals surface area contributed by atoms with Gasteiger partial charge in [-0.15, -0.1) is 0 Å². The quantitative estimate of drug-likeness (QED) is 0.880. The van der Waals surface area contributed by atoms with Crippen molar-refractivity contribution in [3.05, 3.63) is 28.6 Å². The molecule has 1 amide bonds. The first-order chi connectivity index (χ1) is 12.6. The van der Waals surface area contributed by atoms with Gasteiger partial charge in [-0.3, -0.25) is 14.9 Å². The van der Waals surface area contributed by atoms with Gasteiger partial charge in [-0.1, -0.05) is 25.6 Å². The van der Waals surface area contributed by atoms with Crippen LogP contribution in [0.2, 0.25) is 0 Å². The summed E-state index contributed by atoms with van der Waals surface area (Å²) in [7, 11) is 0. The highest BCUT2D eigenvalue weighted by molar-refractivity contribution is 8.16. The second-order valence-corrected chi connectivity index (χ2v) is 8.47. The highest BCUT2D eigenvalue weighted by Crippen LogP contribution is 2.32. The molecule has 0 unspecified atom stereocenters. The van der Waals surface area contributed by atoms with E-state index >= 15 is 0 Å². The third-order valence-electron chi connectivity index (χ3n) is 5.49. The molecule has 0 atom stereocenters. The average Bonchev–Trinajstić information content (AvgIpc) is 3.30. The van der Waals surface area contributed by atoms with E-state index in [4.69, 9.17) is 0 Å². The lowest BCUT2D eigenvalue weighted by Crippen LogP contribution is -2.39. The van der Waals surface area contributed by atoms with E-state index in [1.54, 1.807) is 11.8 Å². The number of nitrogens with one attached hydrogen (secondary N) is 1. The molecule has 140 valence electrons. The average molecular weight is 374 g/mol. The summed E-state index contributed by atoms with van der Waals surface area (Å²) in [4.78, 5) is 21.5. The predicted molar refractivity (Wildman–Crippen MR) is 105 cm³/mol. The first-order valence-corrected chi connectivity index (χ1v) is 10.5. The van der Waals surface area contributed by atoms with E-state index in [9.17, 15) is 4.79 Å². The van der Waals surface area contributed by atoms with E-state index < -0.39 is 0 Å². The molecular formula is C19H27N5OS. The number of carbonyl (C=O) groups is 1. The number of carbonyl (C=O) groups excluding carboxylic acids is 1. The summed E-state index contributed by atoms with van der Waals surface area (Å²) >= 11 is 1.66. The van der Waals surface area contributed by atoms with Crippen LogP contribution in [-0.4, -0.2) is 57.3 Å². The maximum absolute atomic E-state index is 12.8. The van der Waals surface area contributed by atoms with E-state index in [-0.39, 0.29) is 5.91 Å². The topological polar surface area (TPSA) is 64.6 Å². The Kier molecular flexibility index (Phi) is 5.07. The Bertz CT molecular complexity index is 730. The molecule has 4 rings (SSSR count).